The number of ether oxygens (including phenoxy) is 1. The first-order valence-corrected chi connectivity index (χ1v) is 3.23. The summed E-state index contributed by atoms with van der Waals surface area (Å²) in [6.07, 6.45) is 1.78. The molecule has 1 rings (SSSR count). The van der Waals surface area contributed by atoms with Crippen molar-refractivity contribution in [2.24, 2.45) is 0 Å². The Bertz CT molecular complexity index is 186. The number of hydrogen-bond donors (Lipinski definition) is 0. The van der Waals surface area contributed by atoms with Crippen LogP contribution in [0, 0.1) is 0 Å². The number of nitrogens with zero attached hydrogens (tertiary/aromatic N) is 2. The molecular weight excluding hydrogens is 128 g/mol. The van der Waals surface area contributed by atoms with E-state index in [-0.39, 0.29) is 6.10 Å². The molecule has 54 valence electrons. The number of rotatable bonds is 2. The third-order valence-electron chi connectivity index (χ3n) is 0.904. The monoisotopic (exact) mass is 138 g/mol. The van der Waals surface area contributed by atoms with Crippen molar-refractivity contribution in [1.29, 1.82) is 0 Å². The third kappa shape index (κ3) is 2.01. The van der Waals surface area contributed by atoms with Gasteiger partial charge in [-0.15, -0.1) is 5.10 Å². The van der Waals surface area contributed by atoms with E-state index in [1.54, 1.807) is 18.3 Å². The fourth-order valence-corrected chi connectivity index (χ4v) is 0.592. The van der Waals surface area contributed by atoms with E-state index >= 15 is 0 Å². The lowest BCUT2D eigenvalue weighted by molar-refractivity contribution is 0.230. The van der Waals surface area contributed by atoms with Gasteiger partial charge in [-0.3, -0.25) is 0 Å². The van der Waals surface area contributed by atoms with Crippen molar-refractivity contribution in [2.45, 2.75) is 20.0 Å². The first kappa shape index (κ1) is 6.99. The number of hydrogen-bond acceptors (Lipinski definition) is 3. The molecule has 10 heavy (non-hydrogen) atoms. The summed E-state index contributed by atoms with van der Waals surface area (Å²) in [5.74, 6) is 0.581. The minimum Gasteiger partial charge on any atom is -0.474 e. The Balaban J connectivity index is 2.59. The molecular formula is C7H10N2O. The van der Waals surface area contributed by atoms with Gasteiger partial charge in [0.05, 0.1) is 6.10 Å². The van der Waals surface area contributed by atoms with Gasteiger partial charge in [0.1, 0.15) is 0 Å². The van der Waals surface area contributed by atoms with Crippen molar-refractivity contribution in [3.63, 3.8) is 0 Å². The smallest absolute Gasteiger partial charge is 0.233 e. The van der Waals surface area contributed by atoms with Crippen molar-refractivity contribution >= 4 is 0 Å². The van der Waals surface area contributed by atoms with Crippen LogP contribution in [0.4, 0.5) is 0 Å². The van der Waals surface area contributed by atoms with Gasteiger partial charge in [-0.1, -0.05) is 0 Å². The molecule has 1 aromatic rings. The molecule has 0 bridgehead atoms. The summed E-state index contributed by atoms with van der Waals surface area (Å²) < 4.78 is 5.24. The molecule has 0 saturated heterocycles. The Morgan fingerprint density at radius 3 is 2.80 bits per heavy atom. The molecule has 0 aliphatic carbocycles. The molecule has 0 aromatic carbocycles. The van der Waals surface area contributed by atoms with Gasteiger partial charge in [0, 0.05) is 12.3 Å². The van der Waals surface area contributed by atoms with Crippen molar-refractivity contribution < 1.29 is 4.74 Å². The largest absolute Gasteiger partial charge is 0.474 e. The molecule has 0 spiro atoms. The quantitative estimate of drug-likeness (QED) is 0.617. The molecule has 0 atom stereocenters. The van der Waals surface area contributed by atoms with E-state index in [0.29, 0.717) is 5.88 Å². The summed E-state index contributed by atoms with van der Waals surface area (Å²) in [6.45, 7) is 3.91. The highest BCUT2D eigenvalue weighted by Crippen LogP contribution is 2.03. The average Bonchev–Trinajstić information content (AvgIpc) is 1.88. The van der Waals surface area contributed by atoms with E-state index in [2.05, 4.69) is 10.2 Å². The normalized spacial score (nSPS) is 9.90. The van der Waals surface area contributed by atoms with Crippen LogP contribution in [0.3, 0.4) is 0 Å². The van der Waals surface area contributed by atoms with Crippen LogP contribution in [-0.4, -0.2) is 16.3 Å². The van der Waals surface area contributed by atoms with Crippen LogP contribution in [0.25, 0.3) is 0 Å². The topological polar surface area (TPSA) is 35.0 Å². The highest BCUT2D eigenvalue weighted by atomic mass is 16.5. The fraction of sp³-hybridized carbons (Fsp3) is 0.429. The maximum absolute atomic E-state index is 5.24. The van der Waals surface area contributed by atoms with Crippen molar-refractivity contribution in [3.05, 3.63) is 18.3 Å². The Labute approximate surface area is 60.0 Å². The second-order valence-electron chi connectivity index (χ2n) is 2.23. The maximum Gasteiger partial charge on any atom is 0.233 e. The zero-order valence-electron chi connectivity index (χ0n) is 6.11. The van der Waals surface area contributed by atoms with Crippen molar-refractivity contribution in [3.8, 4) is 5.88 Å². The number of aromatic nitrogens is 2. The van der Waals surface area contributed by atoms with Gasteiger partial charge in [0.2, 0.25) is 5.88 Å². The zero-order chi connectivity index (χ0) is 7.40. The van der Waals surface area contributed by atoms with Gasteiger partial charge in [0.25, 0.3) is 0 Å². The van der Waals surface area contributed by atoms with E-state index in [9.17, 15) is 0 Å². The molecule has 0 unspecified atom stereocenters. The predicted molar refractivity (Wildman–Crippen MR) is 37.8 cm³/mol. The van der Waals surface area contributed by atoms with E-state index in [4.69, 9.17) is 4.74 Å². The lowest BCUT2D eigenvalue weighted by atomic mass is 10.5. The second-order valence-corrected chi connectivity index (χ2v) is 2.23. The highest BCUT2D eigenvalue weighted by Gasteiger charge is 1.95. The Morgan fingerprint density at radius 2 is 2.30 bits per heavy atom. The van der Waals surface area contributed by atoms with E-state index in [1.165, 1.54) is 0 Å². The fourth-order valence-electron chi connectivity index (χ4n) is 0.592. The van der Waals surface area contributed by atoms with Crippen LogP contribution in [-0.2, 0) is 0 Å². The van der Waals surface area contributed by atoms with E-state index in [1.807, 2.05) is 13.8 Å². The molecule has 0 N–H and O–H groups in total. The van der Waals surface area contributed by atoms with Crippen LogP contribution >= 0.6 is 0 Å². The van der Waals surface area contributed by atoms with Gasteiger partial charge in [-0.2, -0.15) is 5.10 Å². The first-order chi connectivity index (χ1) is 4.79. The van der Waals surface area contributed by atoms with Crippen LogP contribution in [0.5, 0.6) is 5.88 Å². The third-order valence-corrected chi connectivity index (χ3v) is 0.904. The van der Waals surface area contributed by atoms with Gasteiger partial charge in [-0.25, -0.2) is 0 Å². The average molecular weight is 138 g/mol. The first-order valence-electron chi connectivity index (χ1n) is 3.23. The van der Waals surface area contributed by atoms with Crippen LogP contribution in [0.1, 0.15) is 13.8 Å². The zero-order valence-corrected chi connectivity index (χ0v) is 6.11. The Hall–Kier alpha value is -1.12. The molecule has 1 aromatic heterocycles. The van der Waals surface area contributed by atoms with Gasteiger partial charge < -0.3 is 4.74 Å². The van der Waals surface area contributed by atoms with Crippen molar-refractivity contribution in [2.75, 3.05) is 0 Å². The Morgan fingerprint density at radius 1 is 1.50 bits per heavy atom. The summed E-state index contributed by atoms with van der Waals surface area (Å²) in [5, 5.41) is 7.41. The minimum atomic E-state index is 0.164. The molecule has 0 fully saturated rings. The molecule has 0 aliphatic rings. The van der Waals surface area contributed by atoms with E-state index in [0.717, 1.165) is 0 Å². The standard InChI is InChI=1S/C7H10N2O/c1-6(2)10-7-4-3-5-8-9-7/h3-6H,1-2H3. The summed E-state index contributed by atoms with van der Waals surface area (Å²) in [7, 11) is 0. The second kappa shape index (κ2) is 3.15. The molecule has 3 heteroatoms. The van der Waals surface area contributed by atoms with Gasteiger partial charge >= 0.3 is 0 Å². The summed E-state index contributed by atoms with van der Waals surface area (Å²) in [6, 6.07) is 3.58. The summed E-state index contributed by atoms with van der Waals surface area (Å²) in [5.41, 5.74) is 0. The maximum atomic E-state index is 5.24. The SMILES string of the molecule is CC(C)Oc1cccnn1. The summed E-state index contributed by atoms with van der Waals surface area (Å²) >= 11 is 0. The van der Waals surface area contributed by atoms with Crippen LogP contribution in [0.2, 0.25) is 0 Å². The molecule has 3 nitrogen and oxygen atoms in total. The lowest BCUT2D eigenvalue weighted by Crippen LogP contribution is -2.06. The molecule has 0 radical (unpaired) electrons. The predicted octanol–water partition coefficient (Wildman–Crippen LogP) is 1.26. The van der Waals surface area contributed by atoms with Gasteiger partial charge in [-0.05, 0) is 19.9 Å². The lowest BCUT2D eigenvalue weighted by Gasteiger charge is -2.05. The van der Waals surface area contributed by atoms with Crippen LogP contribution in [0.15, 0.2) is 18.3 Å². The van der Waals surface area contributed by atoms with Crippen molar-refractivity contribution in [1.82, 2.24) is 10.2 Å². The minimum absolute atomic E-state index is 0.164. The molecule has 0 saturated carbocycles. The summed E-state index contributed by atoms with van der Waals surface area (Å²) in [4.78, 5) is 0. The molecule has 1 heterocycles. The highest BCUT2D eigenvalue weighted by molar-refractivity contribution is 5.05. The van der Waals surface area contributed by atoms with E-state index < -0.39 is 0 Å². The van der Waals surface area contributed by atoms with Gasteiger partial charge in [0.15, 0.2) is 0 Å². The van der Waals surface area contributed by atoms with Crippen LogP contribution < -0.4 is 4.74 Å². The Kier molecular flexibility index (Phi) is 2.20. The molecule has 0 aliphatic heterocycles. The molecule has 0 amide bonds.